The van der Waals surface area contributed by atoms with Crippen LogP contribution in [0.4, 0.5) is 5.69 Å². The van der Waals surface area contributed by atoms with Gasteiger partial charge in [0.1, 0.15) is 11.7 Å². The zero-order chi connectivity index (χ0) is 30.2. The van der Waals surface area contributed by atoms with E-state index in [1.165, 1.54) is 35.4 Å². The van der Waals surface area contributed by atoms with E-state index in [-0.39, 0.29) is 17.5 Å². The van der Waals surface area contributed by atoms with Crippen molar-refractivity contribution in [3.8, 4) is 16.9 Å². The minimum absolute atomic E-state index is 0.104. The Kier molecular flexibility index (Phi) is 7.75. The molecule has 3 N–H and O–H groups in total. The Morgan fingerprint density at radius 1 is 1.02 bits per heavy atom. The smallest absolute Gasteiger partial charge is 0.339 e. The molecule has 1 amide bonds. The Bertz CT molecular complexity index is 1690. The normalized spacial score (nSPS) is 17.5. The number of hydrogen-bond acceptors (Lipinski definition) is 6. The SMILES string of the molecule is Cc1cc(C2CCN(C(=O)[C@H](C)O)CC2)ccc1NC1CCc2cccc(-c3cccnc3-n3ncc(C(=O)O)c3C)c21. The van der Waals surface area contributed by atoms with Crippen LogP contribution in [0.1, 0.15) is 76.5 Å². The number of rotatable bonds is 7. The molecule has 222 valence electrons. The van der Waals surface area contributed by atoms with Gasteiger partial charge in [-0.15, -0.1) is 0 Å². The van der Waals surface area contributed by atoms with Crippen LogP contribution in [-0.2, 0) is 11.2 Å². The number of aliphatic hydroxyl groups is 1. The van der Waals surface area contributed by atoms with Crippen molar-refractivity contribution in [3.05, 3.63) is 94.4 Å². The molecule has 1 fully saturated rings. The number of aliphatic hydroxyl groups excluding tert-OH is 1. The van der Waals surface area contributed by atoms with Crippen molar-refractivity contribution in [2.75, 3.05) is 18.4 Å². The van der Waals surface area contributed by atoms with E-state index in [1.54, 1.807) is 22.7 Å². The molecular formula is C34H37N5O4. The predicted molar refractivity (Wildman–Crippen MR) is 165 cm³/mol. The summed E-state index contributed by atoms with van der Waals surface area (Å²) in [7, 11) is 0. The molecule has 3 heterocycles. The maximum absolute atomic E-state index is 12.2. The predicted octanol–water partition coefficient (Wildman–Crippen LogP) is 5.44. The average molecular weight is 580 g/mol. The lowest BCUT2D eigenvalue weighted by Crippen LogP contribution is -2.42. The van der Waals surface area contributed by atoms with E-state index < -0.39 is 12.1 Å². The Labute approximate surface area is 251 Å². The number of carboxylic acids is 1. The first-order valence-electron chi connectivity index (χ1n) is 14.9. The van der Waals surface area contributed by atoms with Crippen LogP contribution in [-0.4, -0.2) is 60.9 Å². The molecule has 0 radical (unpaired) electrons. The first-order valence-corrected chi connectivity index (χ1v) is 14.9. The van der Waals surface area contributed by atoms with Gasteiger partial charge in [-0.2, -0.15) is 5.10 Å². The van der Waals surface area contributed by atoms with Gasteiger partial charge in [0.25, 0.3) is 5.91 Å². The molecule has 0 bridgehead atoms. The van der Waals surface area contributed by atoms with Crippen molar-refractivity contribution in [2.45, 2.75) is 64.5 Å². The molecule has 9 heteroatoms. The number of carbonyl (C=O) groups is 2. The summed E-state index contributed by atoms with van der Waals surface area (Å²) < 4.78 is 1.61. The Hall–Kier alpha value is -4.50. The van der Waals surface area contributed by atoms with Crippen LogP contribution < -0.4 is 5.32 Å². The van der Waals surface area contributed by atoms with Crippen LogP contribution >= 0.6 is 0 Å². The summed E-state index contributed by atoms with van der Waals surface area (Å²) >= 11 is 0. The van der Waals surface area contributed by atoms with Crippen molar-refractivity contribution in [3.63, 3.8) is 0 Å². The van der Waals surface area contributed by atoms with Gasteiger partial charge in [-0.25, -0.2) is 14.5 Å². The fourth-order valence-electron chi connectivity index (χ4n) is 6.66. The van der Waals surface area contributed by atoms with Crippen molar-refractivity contribution in [2.24, 2.45) is 0 Å². The van der Waals surface area contributed by atoms with Crippen molar-refractivity contribution < 1.29 is 19.8 Å². The summed E-state index contributed by atoms with van der Waals surface area (Å²) in [6, 6.07) is 17.0. The van der Waals surface area contributed by atoms with Crippen LogP contribution in [0.2, 0.25) is 0 Å². The number of likely N-dealkylation sites (tertiary alicyclic amines) is 1. The summed E-state index contributed by atoms with van der Waals surface area (Å²) in [6.07, 6.45) is 5.83. The van der Waals surface area contributed by atoms with E-state index in [9.17, 15) is 19.8 Å². The Morgan fingerprint density at radius 3 is 2.49 bits per heavy atom. The number of nitrogens with zero attached hydrogens (tertiary/aromatic N) is 4. The molecule has 0 spiro atoms. The molecule has 6 rings (SSSR count). The lowest BCUT2D eigenvalue weighted by atomic mass is 9.88. The lowest BCUT2D eigenvalue weighted by molar-refractivity contribution is -0.140. The lowest BCUT2D eigenvalue weighted by Gasteiger charge is -2.33. The molecule has 1 aliphatic carbocycles. The molecule has 9 nitrogen and oxygen atoms in total. The third-order valence-corrected chi connectivity index (χ3v) is 8.98. The van der Waals surface area contributed by atoms with Gasteiger partial charge in [-0.3, -0.25) is 4.79 Å². The third-order valence-electron chi connectivity index (χ3n) is 8.98. The maximum atomic E-state index is 12.2. The summed E-state index contributed by atoms with van der Waals surface area (Å²) in [6.45, 7) is 6.75. The van der Waals surface area contributed by atoms with E-state index in [0.717, 1.165) is 42.5 Å². The van der Waals surface area contributed by atoms with Crippen molar-refractivity contribution in [1.29, 1.82) is 0 Å². The second kappa shape index (κ2) is 11.6. The average Bonchev–Trinajstić information content (AvgIpc) is 3.61. The highest BCUT2D eigenvalue weighted by Gasteiger charge is 2.29. The second-order valence-corrected chi connectivity index (χ2v) is 11.7. The van der Waals surface area contributed by atoms with Gasteiger partial charge >= 0.3 is 5.97 Å². The zero-order valence-electron chi connectivity index (χ0n) is 24.7. The molecule has 1 aliphatic heterocycles. The minimum atomic E-state index is -1.01. The molecule has 1 saturated heterocycles. The molecule has 4 aromatic rings. The van der Waals surface area contributed by atoms with E-state index >= 15 is 0 Å². The first-order chi connectivity index (χ1) is 20.7. The van der Waals surface area contributed by atoms with E-state index in [1.807, 2.05) is 12.1 Å². The zero-order valence-corrected chi connectivity index (χ0v) is 24.7. The molecular weight excluding hydrogens is 542 g/mol. The van der Waals surface area contributed by atoms with Gasteiger partial charge in [0.2, 0.25) is 0 Å². The molecule has 2 aliphatic rings. The summed E-state index contributed by atoms with van der Waals surface area (Å²) in [4.78, 5) is 30.3. The highest BCUT2D eigenvalue weighted by Crippen LogP contribution is 2.42. The largest absolute Gasteiger partial charge is 0.478 e. The number of benzene rings is 2. The monoisotopic (exact) mass is 579 g/mol. The number of fused-ring (bicyclic) bond motifs is 1. The minimum Gasteiger partial charge on any atom is -0.478 e. The molecule has 0 saturated carbocycles. The number of aryl methyl sites for hydroxylation is 2. The standard InChI is InChI=1S/C34H37N5O4/c1-20-18-25(23-13-16-38(17-14-23)33(41)22(3)40)10-11-29(20)37-30-12-9-24-6-4-7-26(31(24)30)27-8-5-15-35-32(27)39-21(2)28(19-36-39)34(42)43/h4-8,10-11,15,18-19,22-23,30,37,40H,9,12-14,16-17H2,1-3H3,(H,42,43)/t22-,30?/m0/s1. The van der Waals surface area contributed by atoms with E-state index in [2.05, 4.69) is 58.7 Å². The van der Waals surface area contributed by atoms with E-state index in [0.29, 0.717) is 30.5 Å². The van der Waals surface area contributed by atoms with Gasteiger partial charge in [0.05, 0.1) is 17.9 Å². The third kappa shape index (κ3) is 5.41. The first kappa shape index (κ1) is 28.6. The molecule has 2 aromatic carbocycles. The fourth-order valence-corrected chi connectivity index (χ4v) is 6.66. The summed E-state index contributed by atoms with van der Waals surface area (Å²) in [5.41, 5.74) is 8.76. The van der Waals surface area contributed by atoms with Crippen molar-refractivity contribution >= 4 is 17.6 Å². The number of nitrogens with one attached hydrogen (secondary N) is 1. The maximum Gasteiger partial charge on any atom is 0.339 e. The highest BCUT2D eigenvalue weighted by atomic mass is 16.4. The number of carbonyl (C=O) groups excluding carboxylic acids is 1. The van der Waals surface area contributed by atoms with Gasteiger partial charge < -0.3 is 20.4 Å². The van der Waals surface area contributed by atoms with E-state index in [4.69, 9.17) is 0 Å². The van der Waals surface area contributed by atoms with Crippen LogP contribution in [0, 0.1) is 13.8 Å². The topological polar surface area (TPSA) is 121 Å². The number of carboxylic acid groups (broad SMARTS) is 1. The van der Waals surface area contributed by atoms with Crippen LogP contribution in [0.15, 0.2) is 60.9 Å². The number of hydrogen-bond donors (Lipinski definition) is 3. The van der Waals surface area contributed by atoms with Gasteiger partial charge in [0.15, 0.2) is 5.82 Å². The highest BCUT2D eigenvalue weighted by molar-refractivity contribution is 5.89. The van der Waals surface area contributed by atoms with Gasteiger partial charge in [0, 0.05) is 30.5 Å². The van der Waals surface area contributed by atoms with Gasteiger partial charge in [-0.1, -0.05) is 30.3 Å². The van der Waals surface area contributed by atoms with Crippen LogP contribution in [0.5, 0.6) is 0 Å². The summed E-state index contributed by atoms with van der Waals surface area (Å²) in [5, 5.41) is 27.4. The molecule has 43 heavy (non-hydrogen) atoms. The second-order valence-electron chi connectivity index (χ2n) is 11.7. The molecule has 2 aromatic heterocycles. The van der Waals surface area contributed by atoms with Crippen molar-refractivity contribution in [1.82, 2.24) is 19.7 Å². The number of aromatic carboxylic acids is 1. The quantitative estimate of drug-likeness (QED) is 0.267. The molecule has 1 unspecified atom stereocenters. The number of pyridine rings is 1. The number of anilines is 1. The molecule has 2 atom stereocenters. The Balaban J connectivity index is 1.26. The number of aromatic nitrogens is 3. The summed E-state index contributed by atoms with van der Waals surface area (Å²) in [5.74, 6) is -0.202. The Morgan fingerprint density at radius 2 is 1.79 bits per heavy atom. The number of piperidine rings is 1. The number of amides is 1. The fraction of sp³-hybridized carbons (Fsp3) is 0.353. The van der Waals surface area contributed by atoms with Crippen LogP contribution in [0.3, 0.4) is 0 Å². The van der Waals surface area contributed by atoms with Gasteiger partial charge in [-0.05, 0) is 98.4 Å². The van der Waals surface area contributed by atoms with Crippen LogP contribution in [0.25, 0.3) is 16.9 Å².